The molecule has 22 heavy (non-hydrogen) atoms. The number of ether oxygens (including phenoxy) is 1. The van der Waals surface area contributed by atoms with Gasteiger partial charge in [-0.2, -0.15) is 4.98 Å². The second-order valence-corrected chi connectivity index (χ2v) is 7.01. The van der Waals surface area contributed by atoms with Gasteiger partial charge in [0.05, 0.1) is 12.6 Å². The monoisotopic (exact) mass is 320 g/mol. The molecule has 1 aliphatic heterocycles. The molecule has 0 N–H and O–H groups in total. The maximum Gasteiger partial charge on any atom is 0.243 e. The van der Waals surface area contributed by atoms with Crippen LogP contribution in [0.1, 0.15) is 60.2 Å². The fourth-order valence-electron chi connectivity index (χ4n) is 2.77. The Morgan fingerprint density at radius 3 is 2.95 bits per heavy atom. The molecule has 0 amide bonds. The summed E-state index contributed by atoms with van der Waals surface area (Å²) in [5.74, 6) is 2.13. The largest absolute Gasteiger partial charge is 0.368 e. The van der Waals surface area contributed by atoms with Crippen LogP contribution < -0.4 is 0 Å². The summed E-state index contributed by atoms with van der Waals surface area (Å²) in [6, 6.07) is 0.118. The maximum absolute atomic E-state index is 5.89. The standard InChI is InChI=1S/C15H20N4O2S/c1-9-8-22-15(16-9)12-7-19(5-6-20-12)10(2)14-17-13(18-21-14)11-3-4-11/h8,10-12H,3-7H2,1-2H3/t10-,12-/m0/s1. The number of aromatic nitrogens is 3. The molecule has 1 saturated carbocycles. The Morgan fingerprint density at radius 1 is 1.36 bits per heavy atom. The number of hydrogen-bond acceptors (Lipinski definition) is 7. The van der Waals surface area contributed by atoms with E-state index in [4.69, 9.17) is 9.26 Å². The van der Waals surface area contributed by atoms with E-state index in [9.17, 15) is 0 Å². The molecule has 2 aromatic rings. The summed E-state index contributed by atoms with van der Waals surface area (Å²) in [5, 5.41) is 7.24. The van der Waals surface area contributed by atoms with Crippen LogP contribution in [0.2, 0.25) is 0 Å². The number of aryl methyl sites for hydroxylation is 1. The van der Waals surface area contributed by atoms with Crippen LogP contribution in [0.4, 0.5) is 0 Å². The zero-order chi connectivity index (χ0) is 15.1. The average molecular weight is 320 g/mol. The van der Waals surface area contributed by atoms with Crippen LogP contribution in [0.5, 0.6) is 0 Å². The third kappa shape index (κ3) is 2.80. The van der Waals surface area contributed by atoms with E-state index in [0.29, 0.717) is 12.5 Å². The molecule has 118 valence electrons. The first-order valence-electron chi connectivity index (χ1n) is 7.82. The van der Waals surface area contributed by atoms with Crippen LogP contribution >= 0.6 is 11.3 Å². The zero-order valence-corrected chi connectivity index (χ0v) is 13.7. The molecular weight excluding hydrogens is 300 g/mol. The topological polar surface area (TPSA) is 64.3 Å². The Bertz CT molecular complexity index is 652. The molecule has 0 radical (unpaired) electrons. The van der Waals surface area contributed by atoms with Gasteiger partial charge in [0.2, 0.25) is 5.89 Å². The highest BCUT2D eigenvalue weighted by Crippen LogP contribution is 2.39. The molecule has 2 aromatic heterocycles. The van der Waals surface area contributed by atoms with E-state index in [2.05, 4.69) is 32.3 Å². The van der Waals surface area contributed by atoms with Crippen molar-refractivity contribution in [2.24, 2.45) is 0 Å². The zero-order valence-electron chi connectivity index (χ0n) is 12.9. The van der Waals surface area contributed by atoms with Crippen molar-refractivity contribution in [3.63, 3.8) is 0 Å². The Labute approximate surface area is 133 Å². The molecule has 3 heterocycles. The van der Waals surface area contributed by atoms with Crippen LogP contribution in [-0.2, 0) is 4.74 Å². The molecule has 1 saturated heterocycles. The van der Waals surface area contributed by atoms with Gasteiger partial charge in [0.25, 0.3) is 0 Å². The molecule has 2 aliphatic rings. The first-order chi connectivity index (χ1) is 10.7. The van der Waals surface area contributed by atoms with Crippen molar-refractivity contribution in [2.75, 3.05) is 19.7 Å². The van der Waals surface area contributed by atoms with Crippen LogP contribution in [-0.4, -0.2) is 39.7 Å². The normalized spacial score (nSPS) is 24.5. The third-order valence-electron chi connectivity index (χ3n) is 4.32. The predicted octanol–water partition coefficient (Wildman–Crippen LogP) is 2.85. The van der Waals surface area contributed by atoms with Crippen molar-refractivity contribution in [1.29, 1.82) is 0 Å². The second kappa shape index (κ2) is 5.72. The smallest absolute Gasteiger partial charge is 0.243 e. The van der Waals surface area contributed by atoms with Gasteiger partial charge in [-0.15, -0.1) is 11.3 Å². The van der Waals surface area contributed by atoms with Crippen LogP contribution in [0.15, 0.2) is 9.90 Å². The number of hydrogen-bond donors (Lipinski definition) is 0. The Hall–Kier alpha value is -1.31. The Morgan fingerprint density at radius 2 is 2.23 bits per heavy atom. The van der Waals surface area contributed by atoms with E-state index in [1.165, 1.54) is 12.8 Å². The van der Waals surface area contributed by atoms with Gasteiger partial charge in [-0.3, -0.25) is 4.90 Å². The molecule has 0 aromatic carbocycles. The van der Waals surface area contributed by atoms with E-state index in [1.54, 1.807) is 11.3 Å². The highest BCUT2D eigenvalue weighted by atomic mass is 32.1. The molecular formula is C15H20N4O2S. The van der Waals surface area contributed by atoms with Crippen molar-refractivity contribution in [3.05, 3.63) is 27.8 Å². The first-order valence-corrected chi connectivity index (χ1v) is 8.70. The van der Waals surface area contributed by atoms with Gasteiger partial charge in [0, 0.05) is 30.1 Å². The van der Waals surface area contributed by atoms with Crippen molar-refractivity contribution in [3.8, 4) is 0 Å². The summed E-state index contributed by atoms with van der Waals surface area (Å²) < 4.78 is 11.4. The molecule has 7 heteroatoms. The van der Waals surface area contributed by atoms with E-state index in [0.717, 1.165) is 35.5 Å². The molecule has 4 rings (SSSR count). The molecule has 0 spiro atoms. The van der Waals surface area contributed by atoms with Crippen molar-refractivity contribution >= 4 is 11.3 Å². The lowest BCUT2D eigenvalue weighted by Crippen LogP contribution is -2.40. The van der Waals surface area contributed by atoms with Crippen molar-refractivity contribution in [1.82, 2.24) is 20.0 Å². The lowest BCUT2D eigenvalue weighted by Gasteiger charge is -2.34. The maximum atomic E-state index is 5.89. The summed E-state index contributed by atoms with van der Waals surface area (Å²) in [4.78, 5) is 11.5. The predicted molar refractivity (Wildman–Crippen MR) is 81.8 cm³/mol. The lowest BCUT2D eigenvalue weighted by molar-refractivity contribution is -0.0470. The Balaban J connectivity index is 1.46. The van der Waals surface area contributed by atoms with Gasteiger partial charge in [-0.25, -0.2) is 4.98 Å². The number of nitrogens with zero attached hydrogens (tertiary/aromatic N) is 4. The van der Waals surface area contributed by atoms with E-state index in [-0.39, 0.29) is 12.1 Å². The molecule has 1 aliphatic carbocycles. The van der Waals surface area contributed by atoms with Crippen molar-refractivity contribution in [2.45, 2.75) is 44.8 Å². The quantitative estimate of drug-likeness (QED) is 0.863. The van der Waals surface area contributed by atoms with Crippen LogP contribution in [0.25, 0.3) is 0 Å². The molecule has 6 nitrogen and oxygen atoms in total. The molecule has 2 fully saturated rings. The molecule has 2 atom stereocenters. The fraction of sp³-hybridized carbons (Fsp3) is 0.667. The fourth-order valence-corrected chi connectivity index (χ4v) is 3.61. The number of rotatable bonds is 4. The van der Waals surface area contributed by atoms with Gasteiger partial charge in [-0.1, -0.05) is 5.16 Å². The minimum absolute atomic E-state index is 0.0423. The van der Waals surface area contributed by atoms with E-state index < -0.39 is 0 Å². The summed E-state index contributed by atoms with van der Waals surface area (Å²) in [7, 11) is 0. The van der Waals surface area contributed by atoms with Gasteiger partial charge in [-0.05, 0) is 26.7 Å². The van der Waals surface area contributed by atoms with E-state index >= 15 is 0 Å². The average Bonchev–Trinajstić information content (AvgIpc) is 3.10. The van der Waals surface area contributed by atoms with Crippen LogP contribution in [0.3, 0.4) is 0 Å². The summed E-state index contributed by atoms with van der Waals surface area (Å²) in [6.07, 6.45) is 2.42. The van der Waals surface area contributed by atoms with Gasteiger partial charge >= 0.3 is 0 Å². The first kappa shape index (κ1) is 14.3. The summed E-state index contributed by atoms with van der Waals surface area (Å²) in [5.41, 5.74) is 1.06. The van der Waals surface area contributed by atoms with Gasteiger partial charge < -0.3 is 9.26 Å². The summed E-state index contributed by atoms with van der Waals surface area (Å²) >= 11 is 1.67. The highest BCUT2D eigenvalue weighted by molar-refractivity contribution is 7.09. The van der Waals surface area contributed by atoms with Crippen LogP contribution in [0, 0.1) is 6.92 Å². The SMILES string of the molecule is Cc1csc([C@@H]2CN([C@@H](C)c3nc(C4CC4)no3)CCO2)n1. The van der Waals surface area contributed by atoms with Gasteiger partial charge in [0.1, 0.15) is 11.1 Å². The molecule has 0 bridgehead atoms. The minimum atomic E-state index is 0.0423. The van der Waals surface area contributed by atoms with Crippen molar-refractivity contribution < 1.29 is 9.26 Å². The second-order valence-electron chi connectivity index (χ2n) is 6.12. The van der Waals surface area contributed by atoms with E-state index in [1.807, 2.05) is 6.92 Å². The number of morpholine rings is 1. The third-order valence-corrected chi connectivity index (χ3v) is 5.37. The lowest BCUT2D eigenvalue weighted by atomic mass is 10.2. The summed E-state index contributed by atoms with van der Waals surface area (Å²) in [6.45, 7) is 6.54. The minimum Gasteiger partial charge on any atom is -0.368 e. The van der Waals surface area contributed by atoms with Gasteiger partial charge in [0.15, 0.2) is 5.82 Å². The Kier molecular flexibility index (Phi) is 3.71. The molecule has 0 unspecified atom stereocenters. The highest BCUT2D eigenvalue weighted by Gasteiger charge is 2.33. The number of thiazole rings is 1.